The summed E-state index contributed by atoms with van der Waals surface area (Å²) in [6.45, 7) is 2.55. The summed E-state index contributed by atoms with van der Waals surface area (Å²) in [4.78, 5) is 11.5. The van der Waals surface area contributed by atoms with Crippen LogP contribution in [0.2, 0.25) is 0 Å². The SMILES string of the molecule is c1ccc(COc2ccc(-c3cnc4c(-c5ncn[nH]5)cnn4c3N3CCCCC3)cc2)cc1. The van der Waals surface area contributed by atoms with Gasteiger partial charge in [-0.15, -0.1) is 0 Å². The Labute approximate surface area is 197 Å². The predicted molar refractivity (Wildman–Crippen MR) is 131 cm³/mol. The Morgan fingerprint density at radius 1 is 0.853 bits per heavy atom. The first kappa shape index (κ1) is 20.4. The number of aromatic nitrogens is 6. The highest BCUT2D eigenvalue weighted by atomic mass is 16.5. The van der Waals surface area contributed by atoms with Gasteiger partial charge in [-0.05, 0) is 42.5 Å². The first-order valence-corrected chi connectivity index (χ1v) is 11.6. The second-order valence-corrected chi connectivity index (χ2v) is 8.47. The number of nitrogens with zero attached hydrogens (tertiary/aromatic N) is 6. The number of fused-ring (bicyclic) bond motifs is 1. The number of nitrogens with one attached hydrogen (secondary N) is 1. The molecule has 0 saturated carbocycles. The minimum absolute atomic E-state index is 0.546. The Kier molecular flexibility index (Phi) is 5.39. The van der Waals surface area contributed by atoms with E-state index in [0.29, 0.717) is 12.4 Å². The average Bonchev–Trinajstić information content (AvgIpc) is 3.58. The Morgan fingerprint density at radius 2 is 1.68 bits per heavy atom. The quantitative estimate of drug-likeness (QED) is 0.401. The average molecular weight is 452 g/mol. The fourth-order valence-electron chi connectivity index (χ4n) is 4.51. The lowest BCUT2D eigenvalue weighted by Gasteiger charge is -2.30. The van der Waals surface area contributed by atoms with E-state index in [4.69, 9.17) is 14.8 Å². The molecule has 34 heavy (non-hydrogen) atoms. The molecule has 1 saturated heterocycles. The maximum absolute atomic E-state index is 5.98. The Bertz CT molecular complexity index is 1370. The van der Waals surface area contributed by atoms with Gasteiger partial charge < -0.3 is 9.64 Å². The molecule has 4 heterocycles. The monoisotopic (exact) mass is 451 g/mol. The fraction of sp³-hybridized carbons (Fsp3) is 0.231. The van der Waals surface area contributed by atoms with Crippen molar-refractivity contribution in [1.29, 1.82) is 0 Å². The second kappa shape index (κ2) is 8.97. The van der Waals surface area contributed by atoms with Gasteiger partial charge in [0, 0.05) is 24.8 Å². The van der Waals surface area contributed by atoms with Crippen molar-refractivity contribution in [2.45, 2.75) is 25.9 Å². The zero-order chi connectivity index (χ0) is 22.7. The molecule has 1 aliphatic heterocycles. The summed E-state index contributed by atoms with van der Waals surface area (Å²) in [7, 11) is 0. The predicted octanol–water partition coefficient (Wildman–Crippen LogP) is 4.75. The maximum atomic E-state index is 5.98. The lowest BCUT2D eigenvalue weighted by atomic mass is 10.1. The van der Waals surface area contributed by atoms with Gasteiger partial charge in [-0.1, -0.05) is 42.5 Å². The number of H-pyrrole nitrogens is 1. The molecule has 6 rings (SSSR count). The van der Waals surface area contributed by atoms with Gasteiger partial charge in [0.05, 0.1) is 11.8 Å². The van der Waals surface area contributed by atoms with Crippen molar-refractivity contribution in [2.24, 2.45) is 0 Å². The number of hydrogen-bond acceptors (Lipinski definition) is 6. The van der Waals surface area contributed by atoms with Crippen molar-refractivity contribution in [3.63, 3.8) is 0 Å². The molecule has 0 unspecified atom stereocenters. The lowest BCUT2D eigenvalue weighted by Crippen LogP contribution is -2.31. The van der Waals surface area contributed by atoms with Crippen molar-refractivity contribution in [2.75, 3.05) is 18.0 Å². The number of rotatable bonds is 6. The minimum Gasteiger partial charge on any atom is -0.489 e. The molecule has 5 aromatic rings. The van der Waals surface area contributed by atoms with Crippen molar-refractivity contribution >= 4 is 11.5 Å². The third kappa shape index (κ3) is 3.87. The molecular formula is C26H25N7O. The summed E-state index contributed by atoms with van der Waals surface area (Å²) in [5, 5.41) is 11.6. The van der Waals surface area contributed by atoms with E-state index >= 15 is 0 Å². The van der Waals surface area contributed by atoms with Crippen LogP contribution < -0.4 is 9.64 Å². The number of aromatic amines is 1. The summed E-state index contributed by atoms with van der Waals surface area (Å²) in [6.07, 6.45) is 8.86. The van der Waals surface area contributed by atoms with Crippen LogP contribution in [0.5, 0.6) is 5.75 Å². The van der Waals surface area contributed by atoms with Gasteiger partial charge >= 0.3 is 0 Å². The van der Waals surface area contributed by atoms with Gasteiger partial charge in [0.15, 0.2) is 11.5 Å². The molecule has 0 spiro atoms. The molecule has 8 nitrogen and oxygen atoms in total. The molecule has 8 heteroatoms. The van der Waals surface area contributed by atoms with E-state index in [1.165, 1.54) is 25.6 Å². The number of benzene rings is 2. The number of ether oxygens (including phenoxy) is 1. The van der Waals surface area contributed by atoms with Crippen LogP contribution in [0.15, 0.2) is 73.3 Å². The van der Waals surface area contributed by atoms with Gasteiger partial charge in [-0.25, -0.2) is 9.97 Å². The van der Waals surface area contributed by atoms with E-state index in [0.717, 1.165) is 52.6 Å². The third-order valence-electron chi connectivity index (χ3n) is 6.24. The van der Waals surface area contributed by atoms with Crippen LogP contribution in [0.25, 0.3) is 28.2 Å². The Balaban J connectivity index is 1.36. The first-order chi connectivity index (χ1) is 16.9. The zero-order valence-corrected chi connectivity index (χ0v) is 18.8. The molecule has 0 aliphatic carbocycles. The van der Waals surface area contributed by atoms with E-state index in [9.17, 15) is 0 Å². The molecule has 170 valence electrons. The van der Waals surface area contributed by atoms with Crippen molar-refractivity contribution < 1.29 is 4.74 Å². The van der Waals surface area contributed by atoms with E-state index in [2.05, 4.69) is 44.3 Å². The summed E-state index contributed by atoms with van der Waals surface area (Å²) in [5.74, 6) is 2.57. The van der Waals surface area contributed by atoms with E-state index in [1.807, 2.05) is 41.0 Å². The van der Waals surface area contributed by atoms with E-state index in [1.54, 1.807) is 6.20 Å². The van der Waals surface area contributed by atoms with Crippen LogP contribution in [0.1, 0.15) is 24.8 Å². The molecule has 1 N–H and O–H groups in total. The Hall–Kier alpha value is -4.20. The first-order valence-electron chi connectivity index (χ1n) is 11.6. The van der Waals surface area contributed by atoms with Crippen molar-refractivity contribution in [1.82, 2.24) is 29.8 Å². The van der Waals surface area contributed by atoms with Gasteiger partial charge in [0.2, 0.25) is 0 Å². The molecule has 0 radical (unpaired) electrons. The van der Waals surface area contributed by atoms with Crippen molar-refractivity contribution in [3.8, 4) is 28.3 Å². The normalized spacial score (nSPS) is 13.9. The fourth-order valence-corrected chi connectivity index (χ4v) is 4.51. The molecule has 3 aromatic heterocycles. The second-order valence-electron chi connectivity index (χ2n) is 8.47. The number of piperidine rings is 1. The largest absolute Gasteiger partial charge is 0.489 e. The van der Waals surface area contributed by atoms with Crippen LogP contribution in [0.4, 0.5) is 5.82 Å². The molecule has 0 atom stereocenters. The molecule has 1 aliphatic rings. The highest BCUT2D eigenvalue weighted by Gasteiger charge is 2.22. The molecular weight excluding hydrogens is 426 g/mol. The van der Waals surface area contributed by atoms with Crippen LogP contribution in [0, 0.1) is 0 Å². The number of hydrogen-bond donors (Lipinski definition) is 1. The highest BCUT2D eigenvalue weighted by molar-refractivity contribution is 5.81. The van der Waals surface area contributed by atoms with Crippen LogP contribution in [-0.4, -0.2) is 42.9 Å². The maximum Gasteiger partial charge on any atom is 0.168 e. The molecule has 0 bridgehead atoms. The van der Waals surface area contributed by atoms with Crippen LogP contribution in [-0.2, 0) is 6.61 Å². The summed E-state index contributed by atoms with van der Waals surface area (Å²) in [6, 6.07) is 18.4. The molecule has 2 aromatic carbocycles. The minimum atomic E-state index is 0.546. The van der Waals surface area contributed by atoms with Crippen LogP contribution >= 0.6 is 0 Å². The van der Waals surface area contributed by atoms with Gasteiger partial charge in [0.25, 0.3) is 0 Å². The van der Waals surface area contributed by atoms with Gasteiger partial charge in [-0.3, -0.25) is 5.10 Å². The van der Waals surface area contributed by atoms with Gasteiger partial charge in [0.1, 0.15) is 24.5 Å². The molecule has 0 amide bonds. The topological polar surface area (TPSA) is 84.2 Å². The van der Waals surface area contributed by atoms with Crippen molar-refractivity contribution in [3.05, 3.63) is 78.9 Å². The summed E-state index contributed by atoms with van der Waals surface area (Å²) >= 11 is 0. The highest BCUT2D eigenvalue weighted by Crippen LogP contribution is 2.35. The number of anilines is 1. The third-order valence-corrected chi connectivity index (χ3v) is 6.24. The molecule has 1 fully saturated rings. The lowest BCUT2D eigenvalue weighted by molar-refractivity contribution is 0.306. The van der Waals surface area contributed by atoms with Gasteiger partial charge in [-0.2, -0.15) is 14.7 Å². The van der Waals surface area contributed by atoms with E-state index < -0.39 is 0 Å². The summed E-state index contributed by atoms with van der Waals surface area (Å²) < 4.78 is 7.93. The zero-order valence-electron chi connectivity index (χ0n) is 18.8. The van der Waals surface area contributed by atoms with E-state index in [-0.39, 0.29) is 0 Å². The summed E-state index contributed by atoms with van der Waals surface area (Å²) in [5.41, 5.74) is 4.89. The smallest absolute Gasteiger partial charge is 0.168 e. The standard InChI is InChI=1S/C26H25N7O/c1-3-7-19(8-4-1)17-34-21-11-9-20(10-12-21)22-15-27-25-23(24-28-18-29-31-24)16-30-33(25)26(22)32-13-5-2-6-14-32/h1,3-4,7-12,15-16,18H,2,5-6,13-14,17H2,(H,28,29,31). The Morgan fingerprint density at radius 3 is 2.44 bits per heavy atom. The van der Waals surface area contributed by atoms with Crippen LogP contribution in [0.3, 0.4) is 0 Å².